The van der Waals surface area contributed by atoms with Crippen LogP contribution in [0.25, 0.3) is 0 Å². The maximum atomic E-state index is 15.9. The van der Waals surface area contributed by atoms with Crippen molar-refractivity contribution in [2.24, 2.45) is 17.3 Å². The van der Waals surface area contributed by atoms with Crippen LogP contribution >= 0.6 is 0 Å². The second-order valence-electron chi connectivity index (χ2n) is 16.3. The molecule has 0 spiro atoms. The molecular formula is C42H51NO8SSi. The molecule has 0 saturated heterocycles. The summed E-state index contributed by atoms with van der Waals surface area (Å²) in [6, 6.07) is 20.7. The molecule has 1 aliphatic heterocycles. The number of ether oxygens (including phenoxy) is 3. The molecule has 0 fully saturated rings. The third-order valence-electron chi connectivity index (χ3n) is 10.9. The maximum Gasteiger partial charge on any atom is 0.420 e. The fourth-order valence-electron chi connectivity index (χ4n) is 7.04. The minimum atomic E-state index is -4.44. The number of carbonyl (C=O) groups is 2. The van der Waals surface area contributed by atoms with Crippen LogP contribution in [0.15, 0.2) is 95.4 Å². The third kappa shape index (κ3) is 7.05. The van der Waals surface area contributed by atoms with Gasteiger partial charge in [0.15, 0.2) is 18.2 Å². The molecule has 3 aromatic carbocycles. The lowest BCUT2D eigenvalue weighted by atomic mass is 9.62. The number of anilines is 1. The van der Waals surface area contributed by atoms with E-state index in [4.69, 9.17) is 25.1 Å². The monoisotopic (exact) mass is 757 g/mol. The van der Waals surface area contributed by atoms with Crippen molar-refractivity contribution in [3.05, 3.63) is 96.1 Å². The number of para-hydroxylation sites is 1. The largest absolute Gasteiger partial charge is 0.497 e. The van der Waals surface area contributed by atoms with Gasteiger partial charge in [-0.25, -0.2) is 13.2 Å². The lowest BCUT2D eigenvalue weighted by molar-refractivity contribution is -0.152. The number of sulfone groups is 1. The molecule has 5 atom stereocenters. The number of hydrogen-bond donors (Lipinski definition) is 0. The van der Waals surface area contributed by atoms with E-state index in [1.54, 1.807) is 99.6 Å². The fourth-order valence-corrected chi connectivity index (χ4v) is 10.8. The first kappa shape index (κ1) is 39.8. The number of amides is 1. The summed E-state index contributed by atoms with van der Waals surface area (Å²) in [5.74, 6) is 1.43. The van der Waals surface area contributed by atoms with Gasteiger partial charge in [-0.2, -0.15) is 0 Å². The van der Waals surface area contributed by atoms with Gasteiger partial charge in [0.2, 0.25) is 0 Å². The van der Waals surface area contributed by atoms with Gasteiger partial charge >= 0.3 is 12.1 Å². The van der Waals surface area contributed by atoms with E-state index in [0.717, 1.165) is 0 Å². The molecule has 11 heteroatoms. The fraction of sp³-hybridized carbons (Fsp3) is 0.429. The maximum absolute atomic E-state index is 15.9. The van der Waals surface area contributed by atoms with Crippen LogP contribution in [-0.4, -0.2) is 54.7 Å². The molecule has 53 heavy (non-hydrogen) atoms. The van der Waals surface area contributed by atoms with E-state index >= 15 is 8.42 Å². The van der Waals surface area contributed by atoms with Gasteiger partial charge in [-0.05, 0) is 92.9 Å². The van der Waals surface area contributed by atoms with E-state index in [-0.39, 0.29) is 22.2 Å². The molecule has 0 unspecified atom stereocenters. The van der Waals surface area contributed by atoms with Gasteiger partial charge in [-0.1, -0.05) is 76.1 Å². The van der Waals surface area contributed by atoms with E-state index < -0.39 is 64.4 Å². The Morgan fingerprint density at radius 1 is 0.925 bits per heavy atom. The number of rotatable bonds is 8. The van der Waals surface area contributed by atoms with Gasteiger partial charge in [0.05, 0.1) is 29.2 Å². The minimum Gasteiger partial charge on any atom is -0.497 e. The first-order chi connectivity index (χ1) is 24.7. The van der Waals surface area contributed by atoms with Gasteiger partial charge in [-0.3, -0.25) is 9.69 Å². The second kappa shape index (κ2) is 14.5. The minimum absolute atomic E-state index is 0.0712. The normalized spacial score (nSPS) is 23.1. The third-order valence-corrected chi connectivity index (χ3v) is 17.9. The Morgan fingerprint density at radius 3 is 2.08 bits per heavy atom. The molecule has 1 amide bonds. The smallest absolute Gasteiger partial charge is 0.420 e. The van der Waals surface area contributed by atoms with Crippen molar-refractivity contribution in [2.45, 2.75) is 88.4 Å². The topological polar surface area (TPSA) is 108 Å². The lowest BCUT2D eigenvalue weighted by Crippen LogP contribution is -2.68. The van der Waals surface area contributed by atoms with Crippen molar-refractivity contribution in [3.8, 4) is 23.8 Å². The number of hydrogen-bond acceptors (Lipinski definition) is 8. The van der Waals surface area contributed by atoms with Gasteiger partial charge in [0.25, 0.3) is 0 Å². The van der Waals surface area contributed by atoms with Crippen LogP contribution in [0.1, 0.15) is 54.0 Å². The number of fused-ring (bicyclic) bond motifs is 3. The first-order valence-corrected chi connectivity index (χ1v) is 22.2. The molecule has 1 aliphatic carbocycles. The van der Waals surface area contributed by atoms with Gasteiger partial charge in [0, 0.05) is 11.5 Å². The number of nitrogens with zero attached hydrogens (tertiary/aromatic N) is 1. The number of benzene rings is 3. The molecule has 0 N–H and O–H groups in total. The van der Waals surface area contributed by atoms with Crippen molar-refractivity contribution in [1.82, 2.24) is 0 Å². The molecule has 0 aromatic heterocycles. The predicted molar refractivity (Wildman–Crippen MR) is 209 cm³/mol. The number of methoxy groups -OCH3 is 1. The zero-order valence-corrected chi connectivity index (χ0v) is 34.1. The van der Waals surface area contributed by atoms with Crippen LogP contribution in [0.5, 0.6) is 11.5 Å². The summed E-state index contributed by atoms with van der Waals surface area (Å²) in [5.41, 5.74) is 0.408. The molecule has 2 aliphatic rings. The van der Waals surface area contributed by atoms with Gasteiger partial charge in [0.1, 0.15) is 28.9 Å². The highest BCUT2D eigenvalue weighted by atomic mass is 32.2. The van der Waals surface area contributed by atoms with Crippen LogP contribution in [0, 0.1) is 29.6 Å². The summed E-state index contributed by atoms with van der Waals surface area (Å²) in [6.45, 7) is 17.4. The Bertz CT molecular complexity index is 2030. The van der Waals surface area contributed by atoms with Crippen molar-refractivity contribution < 1.29 is 36.6 Å². The van der Waals surface area contributed by atoms with Crippen LogP contribution in [0.2, 0.25) is 18.1 Å². The number of carbonyl (C=O) groups excluding carboxylic acids is 2. The highest BCUT2D eigenvalue weighted by molar-refractivity contribution is 7.92. The van der Waals surface area contributed by atoms with Crippen LogP contribution in [0.4, 0.5) is 10.5 Å². The molecule has 9 nitrogen and oxygen atoms in total. The van der Waals surface area contributed by atoms with E-state index in [0.29, 0.717) is 22.6 Å². The van der Waals surface area contributed by atoms with Crippen molar-refractivity contribution in [1.29, 1.82) is 0 Å². The van der Waals surface area contributed by atoms with E-state index in [1.807, 2.05) is 13.0 Å². The molecule has 0 bridgehead atoms. The predicted octanol–water partition coefficient (Wildman–Crippen LogP) is 8.56. The summed E-state index contributed by atoms with van der Waals surface area (Å²) >= 11 is 0. The van der Waals surface area contributed by atoms with E-state index in [1.165, 1.54) is 12.0 Å². The lowest BCUT2D eigenvalue weighted by Gasteiger charge is -2.58. The summed E-state index contributed by atoms with van der Waals surface area (Å²) in [7, 11) is -5.73. The van der Waals surface area contributed by atoms with Crippen LogP contribution in [-0.2, 0) is 28.5 Å². The Labute approximate surface area is 315 Å². The second-order valence-corrected chi connectivity index (χ2v) is 23.2. The zero-order valence-electron chi connectivity index (χ0n) is 32.3. The highest BCUT2D eigenvalue weighted by Gasteiger charge is 2.68. The summed E-state index contributed by atoms with van der Waals surface area (Å²) < 4.78 is 54.7. The van der Waals surface area contributed by atoms with Crippen LogP contribution < -0.4 is 14.4 Å². The van der Waals surface area contributed by atoms with Crippen molar-refractivity contribution in [2.75, 3.05) is 18.6 Å². The van der Waals surface area contributed by atoms with Gasteiger partial charge in [-0.15, -0.1) is 6.42 Å². The number of terminal acetylenes is 1. The molecule has 282 valence electrons. The van der Waals surface area contributed by atoms with Crippen molar-refractivity contribution >= 4 is 35.9 Å². The SMILES string of the molecule is C#C[C@H]1[C@@H]2[C@H](C)C(COC(=O)C(C)(C)C)=C[C@H](O[Si](C)(C)C(C)(C)C)[C@]2(S(=O)(=O)c2ccccc2)c2cc(OC)ccc2N1C(=O)Oc1ccccc1. The Balaban J connectivity index is 1.91. The molecule has 1 heterocycles. The Morgan fingerprint density at radius 2 is 1.53 bits per heavy atom. The first-order valence-electron chi connectivity index (χ1n) is 17.8. The molecule has 0 radical (unpaired) electrons. The zero-order chi connectivity index (χ0) is 39.1. The van der Waals surface area contributed by atoms with Crippen molar-refractivity contribution in [3.63, 3.8) is 0 Å². The number of esters is 1. The Kier molecular flexibility index (Phi) is 10.9. The summed E-state index contributed by atoms with van der Waals surface area (Å²) in [6.07, 6.45) is 6.38. The molecule has 5 rings (SSSR count). The average molecular weight is 758 g/mol. The summed E-state index contributed by atoms with van der Waals surface area (Å²) in [5, 5.41) is -0.334. The molecule has 3 aromatic rings. The van der Waals surface area contributed by atoms with E-state index in [9.17, 15) is 9.59 Å². The van der Waals surface area contributed by atoms with Gasteiger partial charge < -0.3 is 18.6 Å². The Hall–Kier alpha value is -4.37. The average Bonchev–Trinajstić information content (AvgIpc) is 3.10. The summed E-state index contributed by atoms with van der Waals surface area (Å²) in [4.78, 5) is 29.0. The molecular weight excluding hydrogens is 707 g/mol. The standard InChI is InChI=1S/C42H51NO8SSi/c1-12-34-37-28(2)29(27-49-38(44)40(3,4)5)25-36(51-53(10,11)41(6,7)8)42(37,52(46,47)32-21-17-14-18-22-32)33-26-31(48-9)23-24-35(33)43(34)39(45)50-30-19-15-13-16-20-30/h1,13-26,28,34,36-37H,27H2,2-11H3/t28-,34+,36+,37+,42-/m1/s1. The quantitative estimate of drug-likeness (QED) is 0.0974. The van der Waals surface area contributed by atoms with Crippen LogP contribution in [0.3, 0.4) is 0 Å². The highest BCUT2D eigenvalue weighted by Crippen LogP contribution is 2.61. The molecule has 0 saturated carbocycles. The van der Waals surface area contributed by atoms with E-state index in [2.05, 4.69) is 39.8 Å².